The Kier molecular flexibility index (Phi) is 4.73. The van der Waals surface area contributed by atoms with E-state index < -0.39 is 9.84 Å². The molecule has 0 radical (unpaired) electrons. The maximum atomic E-state index is 11.0. The van der Waals surface area contributed by atoms with Gasteiger partial charge in [0.1, 0.15) is 9.84 Å². The van der Waals surface area contributed by atoms with Crippen LogP contribution in [0.5, 0.6) is 0 Å². The largest absolute Gasteiger partial charge is 0.229 e. The van der Waals surface area contributed by atoms with Crippen molar-refractivity contribution in [2.45, 2.75) is 27.2 Å². The van der Waals surface area contributed by atoms with Gasteiger partial charge in [-0.25, -0.2) is 8.42 Å². The molecule has 0 aliphatic carbocycles. The highest BCUT2D eigenvalue weighted by Crippen LogP contribution is 2.32. The molecule has 0 aromatic carbocycles. The lowest BCUT2D eigenvalue weighted by atomic mass is 9.79. The van der Waals surface area contributed by atoms with Crippen LogP contribution in [-0.2, 0) is 9.84 Å². The minimum atomic E-state index is -2.86. The van der Waals surface area contributed by atoms with Crippen molar-refractivity contribution < 1.29 is 8.42 Å². The summed E-state index contributed by atoms with van der Waals surface area (Å²) >= 11 is 5.84. The standard InChI is InChI=1S/C9H19ClO2S/c1-8(2)9(3,7-10)5-6-13(4,11)12/h8H,5-7H2,1-4H3. The Bertz CT molecular complexity index is 246. The third kappa shape index (κ3) is 4.87. The third-order valence-corrected chi connectivity index (χ3v) is 4.30. The van der Waals surface area contributed by atoms with Crippen molar-refractivity contribution in [3.8, 4) is 0 Å². The molecule has 0 aromatic heterocycles. The molecule has 4 heteroatoms. The molecule has 13 heavy (non-hydrogen) atoms. The van der Waals surface area contributed by atoms with E-state index in [4.69, 9.17) is 11.6 Å². The van der Waals surface area contributed by atoms with Gasteiger partial charge in [-0.15, -0.1) is 11.6 Å². The van der Waals surface area contributed by atoms with Crippen LogP contribution in [0.25, 0.3) is 0 Å². The summed E-state index contributed by atoms with van der Waals surface area (Å²) in [7, 11) is -2.86. The molecule has 0 spiro atoms. The summed E-state index contributed by atoms with van der Waals surface area (Å²) in [4.78, 5) is 0. The van der Waals surface area contributed by atoms with Crippen molar-refractivity contribution in [3.63, 3.8) is 0 Å². The molecule has 0 aromatic rings. The zero-order valence-electron chi connectivity index (χ0n) is 8.80. The fraction of sp³-hybridized carbons (Fsp3) is 1.00. The third-order valence-electron chi connectivity index (χ3n) is 2.74. The predicted molar refractivity (Wildman–Crippen MR) is 58.0 cm³/mol. The van der Waals surface area contributed by atoms with Gasteiger partial charge in [0.2, 0.25) is 0 Å². The monoisotopic (exact) mass is 226 g/mol. The highest BCUT2D eigenvalue weighted by atomic mass is 35.5. The molecule has 0 N–H and O–H groups in total. The number of hydrogen-bond donors (Lipinski definition) is 0. The van der Waals surface area contributed by atoms with Gasteiger partial charge in [0.05, 0.1) is 5.75 Å². The topological polar surface area (TPSA) is 34.1 Å². The quantitative estimate of drug-likeness (QED) is 0.675. The van der Waals surface area contributed by atoms with Crippen molar-refractivity contribution in [1.29, 1.82) is 0 Å². The molecule has 0 rings (SSSR count). The van der Waals surface area contributed by atoms with E-state index >= 15 is 0 Å². The highest BCUT2D eigenvalue weighted by Gasteiger charge is 2.28. The summed E-state index contributed by atoms with van der Waals surface area (Å²) in [5.41, 5.74) is -0.0648. The van der Waals surface area contributed by atoms with Crippen LogP contribution in [0.2, 0.25) is 0 Å². The Hall–Kier alpha value is 0.240. The van der Waals surface area contributed by atoms with Crippen molar-refractivity contribution in [1.82, 2.24) is 0 Å². The number of halogens is 1. The smallest absolute Gasteiger partial charge is 0.147 e. The van der Waals surface area contributed by atoms with Crippen molar-refractivity contribution >= 4 is 21.4 Å². The van der Waals surface area contributed by atoms with Crippen LogP contribution < -0.4 is 0 Å². The van der Waals surface area contributed by atoms with Crippen LogP contribution in [0.1, 0.15) is 27.2 Å². The SMILES string of the molecule is CC(C)C(C)(CCl)CCS(C)(=O)=O. The molecular formula is C9H19ClO2S. The molecule has 2 nitrogen and oxygen atoms in total. The van der Waals surface area contributed by atoms with Gasteiger partial charge in [-0.1, -0.05) is 20.8 Å². The number of rotatable bonds is 5. The van der Waals surface area contributed by atoms with Crippen molar-refractivity contribution in [2.75, 3.05) is 17.9 Å². The second-order valence-corrected chi connectivity index (χ2v) is 6.85. The van der Waals surface area contributed by atoms with Crippen molar-refractivity contribution in [3.05, 3.63) is 0 Å². The van der Waals surface area contributed by atoms with Crippen LogP contribution in [-0.4, -0.2) is 26.3 Å². The molecule has 0 fully saturated rings. The van der Waals surface area contributed by atoms with Gasteiger partial charge in [-0.05, 0) is 17.8 Å². The predicted octanol–water partition coefficient (Wildman–Crippen LogP) is 2.32. The maximum Gasteiger partial charge on any atom is 0.147 e. The Morgan fingerprint density at radius 1 is 1.38 bits per heavy atom. The highest BCUT2D eigenvalue weighted by molar-refractivity contribution is 7.90. The van der Waals surface area contributed by atoms with Crippen LogP contribution in [0.3, 0.4) is 0 Å². The normalized spacial score (nSPS) is 17.4. The maximum absolute atomic E-state index is 11.0. The molecule has 1 atom stereocenters. The Labute approximate surface area is 86.6 Å². The summed E-state index contributed by atoms with van der Waals surface area (Å²) in [5.74, 6) is 1.15. The summed E-state index contributed by atoms with van der Waals surface area (Å²) in [6.45, 7) is 6.19. The van der Waals surface area contributed by atoms with E-state index in [9.17, 15) is 8.42 Å². The number of alkyl halides is 1. The van der Waals surface area contributed by atoms with E-state index in [1.165, 1.54) is 6.26 Å². The minimum absolute atomic E-state index is 0.0648. The van der Waals surface area contributed by atoms with Crippen LogP contribution in [0, 0.1) is 11.3 Å². The second kappa shape index (κ2) is 4.65. The molecule has 0 aliphatic rings. The van der Waals surface area contributed by atoms with E-state index in [1.54, 1.807) is 0 Å². The van der Waals surface area contributed by atoms with Gasteiger partial charge in [0, 0.05) is 12.1 Å². The molecule has 0 heterocycles. The lowest BCUT2D eigenvalue weighted by Gasteiger charge is -2.31. The van der Waals surface area contributed by atoms with Crippen molar-refractivity contribution in [2.24, 2.45) is 11.3 Å². The van der Waals surface area contributed by atoms with Crippen LogP contribution in [0.15, 0.2) is 0 Å². The first-order chi connectivity index (χ1) is 5.71. The lowest BCUT2D eigenvalue weighted by Crippen LogP contribution is -2.28. The zero-order chi connectivity index (χ0) is 10.7. The van der Waals surface area contributed by atoms with Crippen LogP contribution >= 0.6 is 11.6 Å². The summed E-state index contributed by atoms with van der Waals surface area (Å²) in [6, 6.07) is 0. The fourth-order valence-corrected chi connectivity index (χ4v) is 2.21. The molecule has 0 amide bonds. The van der Waals surface area contributed by atoms with Crippen LogP contribution in [0.4, 0.5) is 0 Å². The lowest BCUT2D eigenvalue weighted by molar-refractivity contribution is 0.246. The van der Waals surface area contributed by atoms with Gasteiger partial charge >= 0.3 is 0 Å². The van der Waals surface area contributed by atoms with Gasteiger partial charge in [0.25, 0.3) is 0 Å². The molecule has 0 bridgehead atoms. The first-order valence-electron chi connectivity index (χ1n) is 4.45. The summed E-state index contributed by atoms with van der Waals surface area (Å²) in [6.07, 6.45) is 1.91. The fourth-order valence-electron chi connectivity index (χ4n) is 0.928. The molecule has 0 saturated carbocycles. The zero-order valence-corrected chi connectivity index (χ0v) is 10.4. The first-order valence-corrected chi connectivity index (χ1v) is 7.04. The second-order valence-electron chi connectivity index (χ2n) is 4.32. The van der Waals surface area contributed by atoms with E-state index in [2.05, 4.69) is 13.8 Å². The first kappa shape index (κ1) is 13.2. The summed E-state index contributed by atoms with van der Waals surface area (Å²) in [5, 5.41) is 0. The van der Waals surface area contributed by atoms with Gasteiger partial charge < -0.3 is 0 Å². The van der Waals surface area contributed by atoms with E-state index in [0.717, 1.165) is 0 Å². The van der Waals surface area contributed by atoms with E-state index in [-0.39, 0.29) is 11.2 Å². The van der Waals surface area contributed by atoms with Gasteiger partial charge in [-0.3, -0.25) is 0 Å². The molecular weight excluding hydrogens is 208 g/mol. The average molecular weight is 227 g/mol. The Balaban J connectivity index is 4.30. The van der Waals surface area contributed by atoms with E-state index in [0.29, 0.717) is 18.2 Å². The minimum Gasteiger partial charge on any atom is -0.229 e. The van der Waals surface area contributed by atoms with E-state index in [1.807, 2.05) is 6.92 Å². The molecule has 80 valence electrons. The molecule has 1 unspecified atom stereocenters. The Morgan fingerprint density at radius 2 is 1.85 bits per heavy atom. The van der Waals surface area contributed by atoms with Gasteiger partial charge in [0.15, 0.2) is 0 Å². The number of hydrogen-bond acceptors (Lipinski definition) is 2. The number of sulfone groups is 1. The summed E-state index contributed by atoms with van der Waals surface area (Å²) < 4.78 is 21.9. The average Bonchev–Trinajstić information content (AvgIpc) is 1.98. The molecule has 0 saturated heterocycles. The molecule has 0 aliphatic heterocycles. The van der Waals surface area contributed by atoms with Gasteiger partial charge in [-0.2, -0.15) is 0 Å². The Morgan fingerprint density at radius 3 is 2.08 bits per heavy atom.